The number of piperidine rings is 1. The highest BCUT2D eigenvalue weighted by Crippen LogP contribution is 2.36. The molecule has 0 unspecified atom stereocenters. The van der Waals surface area contributed by atoms with Crippen molar-refractivity contribution in [3.05, 3.63) is 59.7 Å². The van der Waals surface area contributed by atoms with E-state index < -0.39 is 17.3 Å². The van der Waals surface area contributed by atoms with Crippen LogP contribution in [-0.4, -0.2) is 42.6 Å². The second-order valence-corrected chi connectivity index (χ2v) is 7.10. The first-order chi connectivity index (χ1) is 13.4. The fraction of sp³-hybridized carbons (Fsp3) is 0.300. The van der Waals surface area contributed by atoms with Gasteiger partial charge in [0.25, 0.3) is 5.91 Å². The molecule has 8 heteroatoms. The van der Waals surface area contributed by atoms with Crippen LogP contribution in [0.3, 0.4) is 0 Å². The van der Waals surface area contributed by atoms with Gasteiger partial charge < -0.3 is 20.4 Å². The fourth-order valence-corrected chi connectivity index (χ4v) is 3.87. The predicted molar refractivity (Wildman–Crippen MR) is 101 cm³/mol. The zero-order chi connectivity index (χ0) is 19.9. The Hall–Kier alpha value is -3.16. The quantitative estimate of drug-likeness (QED) is 0.791. The third kappa shape index (κ3) is 3.04. The maximum absolute atomic E-state index is 13.8. The summed E-state index contributed by atoms with van der Waals surface area (Å²) in [5.41, 5.74) is 0.450. The van der Waals surface area contributed by atoms with Crippen LogP contribution >= 0.6 is 0 Å². The van der Waals surface area contributed by atoms with Crippen molar-refractivity contribution < 1.29 is 18.4 Å². The monoisotopic (exact) mass is 386 g/mol. The van der Waals surface area contributed by atoms with E-state index in [1.165, 1.54) is 24.3 Å². The van der Waals surface area contributed by atoms with Crippen LogP contribution in [0.25, 0.3) is 0 Å². The van der Waals surface area contributed by atoms with Crippen LogP contribution in [0.5, 0.6) is 0 Å². The molecule has 0 aliphatic carbocycles. The maximum Gasteiger partial charge on any atom is 0.321 e. The topological polar surface area (TPSA) is 64.7 Å². The van der Waals surface area contributed by atoms with Crippen LogP contribution in [0.1, 0.15) is 23.2 Å². The number of likely N-dealkylation sites (tertiary alicyclic amines) is 1. The molecule has 28 heavy (non-hydrogen) atoms. The summed E-state index contributed by atoms with van der Waals surface area (Å²) in [6.45, 7) is 0.781. The van der Waals surface area contributed by atoms with Crippen LogP contribution < -0.4 is 15.5 Å². The largest absolute Gasteiger partial charge is 0.351 e. The number of anilines is 2. The average molecular weight is 386 g/mol. The minimum Gasteiger partial charge on any atom is -0.351 e. The molecule has 0 saturated carbocycles. The first-order valence-electron chi connectivity index (χ1n) is 9.06. The summed E-state index contributed by atoms with van der Waals surface area (Å²) in [5, 5.41) is 5.57. The van der Waals surface area contributed by atoms with Crippen molar-refractivity contribution in [2.45, 2.75) is 18.5 Å². The minimum atomic E-state index is -0.642. The Morgan fingerprint density at radius 1 is 1.14 bits per heavy atom. The number of carbonyl (C=O) groups excluding carboxylic acids is 2. The van der Waals surface area contributed by atoms with Crippen molar-refractivity contribution in [3.8, 4) is 0 Å². The fourth-order valence-electron chi connectivity index (χ4n) is 3.87. The molecule has 4 rings (SSSR count). The van der Waals surface area contributed by atoms with Crippen molar-refractivity contribution in [2.75, 3.05) is 30.4 Å². The number of nitrogens with one attached hydrogen (secondary N) is 2. The number of amides is 3. The maximum atomic E-state index is 13.8. The summed E-state index contributed by atoms with van der Waals surface area (Å²) in [5.74, 6) is -1.28. The number of carbonyl (C=O) groups is 2. The highest BCUT2D eigenvalue weighted by molar-refractivity contribution is 6.02. The lowest BCUT2D eigenvalue weighted by molar-refractivity contribution is 0.0814. The normalized spacial score (nSPS) is 17.9. The Labute approximate surface area is 161 Å². The molecule has 2 heterocycles. The highest BCUT2D eigenvalue weighted by Gasteiger charge is 2.45. The van der Waals surface area contributed by atoms with E-state index >= 15 is 0 Å². The van der Waals surface area contributed by atoms with Gasteiger partial charge in [0.05, 0.1) is 16.9 Å². The lowest BCUT2D eigenvalue weighted by Gasteiger charge is -2.51. The van der Waals surface area contributed by atoms with Gasteiger partial charge in [0, 0.05) is 33.0 Å². The third-order valence-electron chi connectivity index (χ3n) is 5.55. The molecule has 1 saturated heterocycles. The van der Waals surface area contributed by atoms with Crippen molar-refractivity contribution in [3.63, 3.8) is 0 Å². The summed E-state index contributed by atoms with van der Waals surface area (Å²) in [6.07, 6.45) is 0.994. The summed E-state index contributed by atoms with van der Waals surface area (Å²) in [7, 11) is 1.85. The lowest BCUT2D eigenvalue weighted by atomic mass is 9.90. The number of para-hydroxylation sites is 1. The number of nitrogens with zero attached hydrogens (tertiary/aromatic N) is 2. The molecule has 0 aromatic heterocycles. The Bertz CT molecular complexity index is 942. The van der Waals surface area contributed by atoms with Crippen LogP contribution in [0.15, 0.2) is 42.5 Å². The van der Waals surface area contributed by atoms with Crippen LogP contribution in [0.4, 0.5) is 25.0 Å². The van der Waals surface area contributed by atoms with Gasteiger partial charge in [-0.25, -0.2) is 13.6 Å². The first-order valence-corrected chi connectivity index (χ1v) is 9.06. The zero-order valence-corrected chi connectivity index (χ0v) is 15.3. The molecular formula is C20H20F2N4O2. The molecule has 1 spiro atoms. The number of fused-ring (bicyclic) bond motifs is 1. The summed E-state index contributed by atoms with van der Waals surface area (Å²) in [4.78, 5) is 28.5. The Kier molecular flexibility index (Phi) is 4.41. The number of benzene rings is 2. The smallest absolute Gasteiger partial charge is 0.321 e. The molecule has 2 aliphatic heterocycles. The Morgan fingerprint density at radius 2 is 1.86 bits per heavy atom. The second-order valence-electron chi connectivity index (χ2n) is 7.10. The van der Waals surface area contributed by atoms with Gasteiger partial charge in [-0.1, -0.05) is 12.1 Å². The molecule has 2 aromatic rings. The number of halogens is 2. The summed E-state index contributed by atoms with van der Waals surface area (Å²) in [6, 6.07) is 9.77. The van der Waals surface area contributed by atoms with E-state index in [2.05, 4.69) is 10.6 Å². The molecular weight excluding hydrogens is 366 g/mol. The molecule has 0 radical (unpaired) electrons. The van der Waals surface area contributed by atoms with Gasteiger partial charge in [-0.2, -0.15) is 0 Å². The number of rotatable bonds is 1. The van der Waals surface area contributed by atoms with Crippen molar-refractivity contribution >= 4 is 23.3 Å². The number of urea groups is 1. The van der Waals surface area contributed by atoms with Crippen LogP contribution in [0, 0.1) is 11.6 Å². The van der Waals surface area contributed by atoms with Gasteiger partial charge >= 0.3 is 6.03 Å². The van der Waals surface area contributed by atoms with Gasteiger partial charge in [-0.15, -0.1) is 0 Å². The predicted octanol–water partition coefficient (Wildman–Crippen LogP) is 3.17. The highest BCUT2D eigenvalue weighted by atomic mass is 19.1. The van der Waals surface area contributed by atoms with E-state index in [1.54, 1.807) is 23.1 Å². The molecule has 146 valence electrons. The molecule has 2 aliphatic rings. The van der Waals surface area contributed by atoms with Crippen molar-refractivity contribution in [1.29, 1.82) is 0 Å². The standard InChI is InChI=1S/C20H20F2N4O2/c1-25-17-7-6-13(21)12-14(17)18(27)24-20(25)8-10-26(11-9-20)19(28)23-16-5-3-2-4-15(16)22/h2-7,12H,8-11H2,1H3,(H,23,28)(H,24,27). The molecule has 2 aromatic carbocycles. The lowest BCUT2D eigenvalue weighted by Crippen LogP contribution is -2.67. The molecule has 0 atom stereocenters. The minimum absolute atomic E-state index is 0.131. The number of hydrogen-bond acceptors (Lipinski definition) is 3. The summed E-state index contributed by atoms with van der Waals surface area (Å²) >= 11 is 0. The molecule has 1 fully saturated rings. The molecule has 3 amide bonds. The molecule has 0 bridgehead atoms. The third-order valence-corrected chi connectivity index (χ3v) is 5.55. The van der Waals surface area contributed by atoms with E-state index in [-0.39, 0.29) is 17.6 Å². The van der Waals surface area contributed by atoms with Crippen LogP contribution in [0.2, 0.25) is 0 Å². The molecule has 2 N–H and O–H groups in total. The second kappa shape index (κ2) is 6.78. The van der Waals surface area contributed by atoms with E-state index in [4.69, 9.17) is 0 Å². The Balaban J connectivity index is 1.48. The molecule has 6 nitrogen and oxygen atoms in total. The van der Waals surface area contributed by atoms with Crippen LogP contribution in [-0.2, 0) is 0 Å². The van der Waals surface area contributed by atoms with Crippen molar-refractivity contribution in [1.82, 2.24) is 10.2 Å². The number of hydrogen-bond donors (Lipinski definition) is 2. The van der Waals surface area contributed by atoms with Gasteiger partial charge in [0.1, 0.15) is 17.3 Å². The van der Waals surface area contributed by atoms with Crippen molar-refractivity contribution in [2.24, 2.45) is 0 Å². The first kappa shape index (κ1) is 18.2. The van der Waals surface area contributed by atoms with E-state index in [9.17, 15) is 18.4 Å². The van der Waals surface area contributed by atoms with Gasteiger partial charge in [-0.3, -0.25) is 4.79 Å². The van der Waals surface area contributed by atoms with E-state index in [1.807, 2.05) is 11.9 Å². The zero-order valence-electron chi connectivity index (χ0n) is 15.3. The van der Waals surface area contributed by atoms with E-state index in [0.29, 0.717) is 37.2 Å². The summed E-state index contributed by atoms with van der Waals surface area (Å²) < 4.78 is 27.3. The SMILES string of the molecule is CN1c2ccc(F)cc2C(=O)NC12CCN(C(=O)Nc1ccccc1F)CC2. The average Bonchev–Trinajstić information content (AvgIpc) is 2.68. The van der Waals surface area contributed by atoms with Gasteiger partial charge in [-0.05, 0) is 30.3 Å². The van der Waals surface area contributed by atoms with E-state index in [0.717, 1.165) is 0 Å². The Morgan fingerprint density at radius 3 is 2.57 bits per heavy atom. The van der Waals surface area contributed by atoms with Gasteiger partial charge in [0.2, 0.25) is 0 Å². The van der Waals surface area contributed by atoms with Gasteiger partial charge in [0.15, 0.2) is 0 Å².